The Labute approximate surface area is 87.7 Å². The van der Waals surface area contributed by atoms with E-state index in [2.05, 4.69) is 15.6 Å². The number of nitrogens with zero attached hydrogens (tertiary/aromatic N) is 3. The molecular formula is C10H14N4O. The van der Waals surface area contributed by atoms with E-state index in [9.17, 15) is 5.11 Å². The molecule has 0 bridgehead atoms. The van der Waals surface area contributed by atoms with Gasteiger partial charge in [0, 0.05) is 6.04 Å². The molecule has 1 aromatic heterocycles. The van der Waals surface area contributed by atoms with Crippen LogP contribution in [-0.4, -0.2) is 26.1 Å². The number of hydrogen-bond acceptors (Lipinski definition) is 4. The Morgan fingerprint density at radius 3 is 2.80 bits per heavy atom. The predicted octanol–water partition coefficient (Wildman–Crippen LogP) is 0.878. The molecule has 0 aliphatic rings. The number of hydrogen-bond donors (Lipinski definition) is 2. The molecule has 2 N–H and O–H groups in total. The maximum absolute atomic E-state index is 9.83. The lowest BCUT2D eigenvalue weighted by Gasteiger charge is -2.15. The van der Waals surface area contributed by atoms with Crippen LogP contribution in [0.5, 0.6) is 0 Å². The standard InChI is InChI=1S/C10H14N4O/c1-7(2)11-10(15)14-9-6-4-3-5-8(9)12-13-14/h3-7,10-11,15H,1-2H3. The third-order valence-electron chi connectivity index (χ3n) is 2.09. The molecule has 80 valence electrons. The molecule has 5 heteroatoms. The van der Waals surface area contributed by atoms with Crippen molar-refractivity contribution in [3.8, 4) is 0 Å². The molecule has 15 heavy (non-hydrogen) atoms. The number of para-hydroxylation sites is 1. The monoisotopic (exact) mass is 206 g/mol. The van der Waals surface area contributed by atoms with Crippen molar-refractivity contribution < 1.29 is 5.11 Å². The van der Waals surface area contributed by atoms with E-state index in [1.807, 2.05) is 38.1 Å². The van der Waals surface area contributed by atoms with Gasteiger partial charge in [-0.1, -0.05) is 17.3 Å². The van der Waals surface area contributed by atoms with E-state index in [4.69, 9.17) is 0 Å². The second-order valence-corrected chi connectivity index (χ2v) is 3.72. The smallest absolute Gasteiger partial charge is 0.206 e. The van der Waals surface area contributed by atoms with Crippen LogP contribution in [0.15, 0.2) is 24.3 Å². The summed E-state index contributed by atoms with van der Waals surface area (Å²) in [5.41, 5.74) is 1.60. The Morgan fingerprint density at radius 1 is 1.33 bits per heavy atom. The fourth-order valence-electron chi connectivity index (χ4n) is 1.44. The highest BCUT2D eigenvalue weighted by atomic mass is 16.3. The van der Waals surface area contributed by atoms with Crippen LogP contribution in [-0.2, 0) is 0 Å². The van der Waals surface area contributed by atoms with Crippen LogP contribution in [0.25, 0.3) is 11.0 Å². The highest BCUT2D eigenvalue weighted by molar-refractivity contribution is 5.73. The van der Waals surface area contributed by atoms with Crippen LogP contribution in [0.3, 0.4) is 0 Å². The molecule has 2 rings (SSSR count). The summed E-state index contributed by atoms with van der Waals surface area (Å²) in [5.74, 6) is 0. The summed E-state index contributed by atoms with van der Waals surface area (Å²) in [6, 6.07) is 7.71. The fourth-order valence-corrected chi connectivity index (χ4v) is 1.44. The second kappa shape index (κ2) is 3.96. The summed E-state index contributed by atoms with van der Waals surface area (Å²) in [4.78, 5) is 0. The quantitative estimate of drug-likeness (QED) is 0.732. The van der Waals surface area contributed by atoms with Crippen molar-refractivity contribution in [2.24, 2.45) is 0 Å². The van der Waals surface area contributed by atoms with Gasteiger partial charge in [-0.15, -0.1) is 5.10 Å². The predicted molar refractivity (Wildman–Crippen MR) is 57.1 cm³/mol. The Hall–Kier alpha value is -1.46. The van der Waals surface area contributed by atoms with Gasteiger partial charge < -0.3 is 5.11 Å². The minimum atomic E-state index is -0.836. The van der Waals surface area contributed by atoms with Gasteiger partial charge in [-0.05, 0) is 26.0 Å². The van der Waals surface area contributed by atoms with E-state index in [0.717, 1.165) is 11.0 Å². The van der Waals surface area contributed by atoms with E-state index in [1.165, 1.54) is 4.68 Å². The van der Waals surface area contributed by atoms with Crippen LogP contribution in [0.2, 0.25) is 0 Å². The molecule has 1 atom stereocenters. The lowest BCUT2D eigenvalue weighted by molar-refractivity contribution is 0.0497. The molecule has 2 aromatic rings. The minimum absolute atomic E-state index is 0.183. The molecule has 0 fully saturated rings. The fraction of sp³-hybridized carbons (Fsp3) is 0.400. The van der Waals surface area contributed by atoms with Gasteiger partial charge >= 0.3 is 0 Å². The number of benzene rings is 1. The van der Waals surface area contributed by atoms with Crippen LogP contribution in [0, 0.1) is 0 Å². The summed E-state index contributed by atoms with van der Waals surface area (Å²) in [6.45, 7) is 3.92. The second-order valence-electron chi connectivity index (χ2n) is 3.72. The van der Waals surface area contributed by atoms with Crippen LogP contribution in [0.1, 0.15) is 20.2 Å². The Morgan fingerprint density at radius 2 is 2.07 bits per heavy atom. The molecule has 5 nitrogen and oxygen atoms in total. The van der Waals surface area contributed by atoms with E-state index < -0.39 is 6.35 Å². The van der Waals surface area contributed by atoms with Gasteiger partial charge in [0.05, 0.1) is 5.52 Å². The third-order valence-corrected chi connectivity index (χ3v) is 2.09. The maximum atomic E-state index is 9.83. The first-order valence-corrected chi connectivity index (χ1v) is 4.92. The molecule has 0 spiro atoms. The first kappa shape index (κ1) is 10.1. The summed E-state index contributed by atoms with van der Waals surface area (Å²) < 4.78 is 1.47. The average Bonchev–Trinajstić information content (AvgIpc) is 2.59. The van der Waals surface area contributed by atoms with Crippen molar-refractivity contribution in [1.29, 1.82) is 0 Å². The maximum Gasteiger partial charge on any atom is 0.206 e. The topological polar surface area (TPSA) is 63.0 Å². The molecular weight excluding hydrogens is 192 g/mol. The van der Waals surface area contributed by atoms with Gasteiger partial charge in [0.15, 0.2) is 0 Å². The highest BCUT2D eigenvalue weighted by Gasteiger charge is 2.12. The Balaban J connectivity index is 2.35. The third kappa shape index (κ3) is 1.98. The lowest BCUT2D eigenvalue weighted by Crippen LogP contribution is -2.32. The average molecular weight is 206 g/mol. The van der Waals surface area contributed by atoms with Crippen molar-refractivity contribution in [1.82, 2.24) is 20.3 Å². The minimum Gasteiger partial charge on any atom is -0.359 e. The number of aromatic nitrogens is 3. The summed E-state index contributed by atoms with van der Waals surface area (Å²) in [7, 11) is 0. The van der Waals surface area contributed by atoms with Gasteiger partial charge in [0.2, 0.25) is 6.35 Å². The van der Waals surface area contributed by atoms with Gasteiger partial charge in [0.25, 0.3) is 0 Å². The molecule has 0 radical (unpaired) electrons. The number of aliphatic hydroxyl groups excluding tert-OH is 1. The summed E-state index contributed by atoms with van der Waals surface area (Å²) in [6.07, 6.45) is -0.836. The Kier molecular flexibility index (Phi) is 2.66. The Bertz CT molecular complexity index is 451. The number of rotatable bonds is 3. The molecule has 0 aliphatic heterocycles. The van der Waals surface area contributed by atoms with Crippen molar-refractivity contribution in [2.45, 2.75) is 26.2 Å². The SMILES string of the molecule is CC(C)NC(O)n1nnc2ccccc21. The molecule has 1 unspecified atom stereocenters. The van der Waals surface area contributed by atoms with Crippen LogP contribution in [0.4, 0.5) is 0 Å². The molecule has 0 amide bonds. The summed E-state index contributed by atoms with van der Waals surface area (Å²) in [5, 5.41) is 20.6. The zero-order valence-corrected chi connectivity index (χ0v) is 8.75. The first-order chi connectivity index (χ1) is 7.18. The van der Waals surface area contributed by atoms with Gasteiger partial charge in [-0.2, -0.15) is 0 Å². The molecule has 0 saturated carbocycles. The molecule has 1 heterocycles. The van der Waals surface area contributed by atoms with Crippen molar-refractivity contribution >= 4 is 11.0 Å². The van der Waals surface area contributed by atoms with E-state index >= 15 is 0 Å². The van der Waals surface area contributed by atoms with E-state index in [0.29, 0.717) is 0 Å². The van der Waals surface area contributed by atoms with Crippen molar-refractivity contribution in [3.05, 3.63) is 24.3 Å². The molecule has 1 aromatic carbocycles. The van der Waals surface area contributed by atoms with Crippen molar-refractivity contribution in [3.63, 3.8) is 0 Å². The summed E-state index contributed by atoms with van der Waals surface area (Å²) >= 11 is 0. The number of fused-ring (bicyclic) bond motifs is 1. The van der Waals surface area contributed by atoms with Gasteiger partial charge in [-0.3, -0.25) is 5.32 Å². The zero-order chi connectivity index (χ0) is 10.8. The normalized spacial score (nSPS) is 13.6. The molecule has 0 saturated heterocycles. The van der Waals surface area contributed by atoms with E-state index in [-0.39, 0.29) is 6.04 Å². The highest BCUT2D eigenvalue weighted by Crippen LogP contribution is 2.12. The largest absolute Gasteiger partial charge is 0.359 e. The lowest BCUT2D eigenvalue weighted by atomic mass is 10.3. The van der Waals surface area contributed by atoms with Crippen molar-refractivity contribution in [2.75, 3.05) is 0 Å². The zero-order valence-electron chi connectivity index (χ0n) is 8.75. The van der Waals surface area contributed by atoms with Gasteiger partial charge in [0.1, 0.15) is 5.52 Å². The van der Waals surface area contributed by atoms with Crippen LogP contribution < -0.4 is 5.32 Å². The van der Waals surface area contributed by atoms with Gasteiger partial charge in [-0.25, -0.2) is 4.68 Å². The van der Waals surface area contributed by atoms with E-state index in [1.54, 1.807) is 0 Å². The first-order valence-electron chi connectivity index (χ1n) is 4.92. The molecule has 0 aliphatic carbocycles. The number of aliphatic hydroxyl groups is 1. The van der Waals surface area contributed by atoms with Crippen LogP contribution >= 0.6 is 0 Å². The number of nitrogens with one attached hydrogen (secondary N) is 1.